The lowest BCUT2D eigenvalue weighted by Crippen LogP contribution is -2.32. The van der Waals surface area contributed by atoms with Crippen LogP contribution in [0.2, 0.25) is 0 Å². The van der Waals surface area contributed by atoms with E-state index >= 15 is 4.57 Å². The molecule has 3 heterocycles. The van der Waals surface area contributed by atoms with Crippen LogP contribution in [-0.2, 0) is 4.57 Å². The molecule has 180 valence electrons. The van der Waals surface area contributed by atoms with Crippen molar-refractivity contribution in [2.75, 3.05) is 0 Å². The molecule has 1 aliphatic rings. The van der Waals surface area contributed by atoms with Gasteiger partial charge in [0, 0.05) is 27.0 Å². The molecule has 5 nitrogen and oxygen atoms in total. The minimum atomic E-state index is -3.08. The van der Waals surface area contributed by atoms with Gasteiger partial charge in [-0.05, 0) is 36.4 Å². The lowest BCUT2D eigenvalue weighted by Gasteiger charge is -2.29. The van der Waals surface area contributed by atoms with Crippen molar-refractivity contribution < 1.29 is 4.57 Å². The molecule has 1 atom stereocenters. The van der Waals surface area contributed by atoms with Crippen LogP contribution in [0, 0.1) is 0 Å². The van der Waals surface area contributed by atoms with Crippen molar-refractivity contribution in [3.05, 3.63) is 121 Å². The van der Waals surface area contributed by atoms with Gasteiger partial charge in [-0.3, -0.25) is 4.57 Å². The highest BCUT2D eigenvalue weighted by Crippen LogP contribution is 2.49. The maximum Gasteiger partial charge on any atom is 0.175 e. The van der Waals surface area contributed by atoms with E-state index in [-0.39, 0.29) is 0 Å². The van der Waals surface area contributed by atoms with Gasteiger partial charge in [-0.2, -0.15) is 0 Å². The summed E-state index contributed by atoms with van der Waals surface area (Å²) >= 11 is 0. The second kappa shape index (κ2) is 7.88. The van der Waals surface area contributed by atoms with Crippen LogP contribution in [0.5, 0.6) is 0 Å². The summed E-state index contributed by atoms with van der Waals surface area (Å²) in [5.74, 6) is 1.67. The van der Waals surface area contributed by atoms with Crippen LogP contribution in [0.1, 0.15) is 0 Å². The molecule has 1 N–H and O–H groups in total. The van der Waals surface area contributed by atoms with Gasteiger partial charge >= 0.3 is 0 Å². The Labute approximate surface area is 218 Å². The van der Waals surface area contributed by atoms with Gasteiger partial charge in [-0.15, -0.1) is 0 Å². The number of imidazole rings is 2. The van der Waals surface area contributed by atoms with Crippen molar-refractivity contribution in [1.29, 1.82) is 0 Å². The molecular weight excluding hydrogens is 487 g/mol. The van der Waals surface area contributed by atoms with Crippen LogP contribution in [0.15, 0.2) is 121 Å². The average molecular weight is 509 g/mol. The topological polar surface area (TPSA) is 63.6 Å². The van der Waals surface area contributed by atoms with Crippen molar-refractivity contribution in [2.45, 2.75) is 0 Å². The standard InChI is InChI=1S/C32H21N4OP/c37-38(23-9-2-1-3-10-23)28-15-7-6-14-27(28)36-30-26(13-8-16-29(30)38)35-32(36)22-19-17-21(18-20-22)31-33-24-11-4-5-12-25(24)34-31/h1-20H,(H,33,34). The fourth-order valence-corrected chi connectivity index (χ4v) is 8.63. The number of hydrogen-bond acceptors (Lipinski definition) is 3. The maximum atomic E-state index is 15.0. The summed E-state index contributed by atoms with van der Waals surface area (Å²) in [6, 6.07) is 40.2. The highest BCUT2D eigenvalue weighted by atomic mass is 31.2. The third-order valence-electron chi connectivity index (χ3n) is 7.38. The van der Waals surface area contributed by atoms with Gasteiger partial charge in [0.1, 0.15) is 11.6 Å². The molecule has 6 heteroatoms. The van der Waals surface area contributed by atoms with E-state index in [0.29, 0.717) is 0 Å². The zero-order chi connectivity index (χ0) is 25.3. The zero-order valence-corrected chi connectivity index (χ0v) is 21.1. The predicted octanol–water partition coefficient (Wildman–Crippen LogP) is 6.19. The van der Waals surface area contributed by atoms with Crippen molar-refractivity contribution in [3.8, 4) is 28.5 Å². The minimum Gasteiger partial charge on any atom is -0.338 e. The Morgan fingerprint density at radius 3 is 2.13 bits per heavy atom. The molecule has 0 radical (unpaired) electrons. The summed E-state index contributed by atoms with van der Waals surface area (Å²) in [5, 5.41) is 2.51. The molecule has 7 aromatic rings. The molecule has 8 rings (SSSR count). The monoisotopic (exact) mass is 508 g/mol. The van der Waals surface area contributed by atoms with Crippen molar-refractivity contribution in [3.63, 3.8) is 0 Å². The van der Waals surface area contributed by atoms with Crippen LogP contribution in [-0.4, -0.2) is 19.5 Å². The first kappa shape index (κ1) is 21.4. The first-order valence-electron chi connectivity index (χ1n) is 12.5. The Balaban J connectivity index is 1.34. The van der Waals surface area contributed by atoms with E-state index in [1.165, 1.54) is 0 Å². The number of para-hydroxylation sites is 4. The smallest absolute Gasteiger partial charge is 0.175 e. The molecule has 5 aromatic carbocycles. The summed E-state index contributed by atoms with van der Waals surface area (Å²) in [4.78, 5) is 13.2. The average Bonchev–Trinajstić information content (AvgIpc) is 3.59. The molecule has 0 saturated carbocycles. The lowest BCUT2D eigenvalue weighted by molar-refractivity contribution is 0.592. The molecule has 0 fully saturated rings. The van der Waals surface area contributed by atoms with Gasteiger partial charge in [-0.25, -0.2) is 9.97 Å². The normalized spacial score (nSPS) is 16.1. The fourth-order valence-electron chi connectivity index (χ4n) is 5.62. The number of nitrogens with zero attached hydrogens (tertiary/aromatic N) is 3. The van der Waals surface area contributed by atoms with E-state index < -0.39 is 7.14 Å². The largest absolute Gasteiger partial charge is 0.338 e. The van der Waals surface area contributed by atoms with Crippen LogP contribution in [0.25, 0.3) is 50.5 Å². The Kier molecular flexibility index (Phi) is 4.43. The number of aromatic nitrogens is 4. The number of H-pyrrole nitrogens is 1. The second-order valence-electron chi connectivity index (χ2n) is 9.53. The van der Waals surface area contributed by atoms with Gasteiger partial charge in [0.05, 0.1) is 27.8 Å². The molecular formula is C32H21N4OP. The van der Waals surface area contributed by atoms with Crippen molar-refractivity contribution in [1.82, 2.24) is 19.5 Å². The summed E-state index contributed by atoms with van der Waals surface area (Å²) in [7, 11) is -3.08. The summed E-state index contributed by atoms with van der Waals surface area (Å²) in [6.45, 7) is 0. The molecule has 1 aliphatic heterocycles. The minimum absolute atomic E-state index is 0.829. The highest BCUT2D eigenvalue weighted by Gasteiger charge is 2.39. The molecule has 0 aliphatic carbocycles. The second-order valence-corrected chi connectivity index (χ2v) is 12.2. The van der Waals surface area contributed by atoms with Gasteiger partial charge in [0.15, 0.2) is 7.14 Å². The van der Waals surface area contributed by atoms with Gasteiger partial charge in [0.25, 0.3) is 0 Å². The molecule has 2 aromatic heterocycles. The molecule has 0 saturated heterocycles. The van der Waals surface area contributed by atoms with Gasteiger partial charge in [0.2, 0.25) is 0 Å². The van der Waals surface area contributed by atoms with Crippen LogP contribution in [0.3, 0.4) is 0 Å². The van der Waals surface area contributed by atoms with Crippen molar-refractivity contribution >= 4 is 45.1 Å². The Morgan fingerprint density at radius 2 is 1.29 bits per heavy atom. The van der Waals surface area contributed by atoms with E-state index in [4.69, 9.17) is 9.97 Å². The quantitative estimate of drug-likeness (QED) is 0.290. The third-order valence-corrected chi connectivity index (χ3v) is 10.5. The van der Waals surface area contributed by atoms with E-state index in [2.05, 4.69) is 33.8 Å². The van der Waals surface area contributed by atoms with Crippen molar-refractivity contribution in [2.24, 2.45) is 0 Å². The number of aromatic amines is 1. The van der Waals surface area contributed by atoms with E-state index in [0.717, 1.165) is 66.4 Å². The van der Waals surface area contributed by atoms with Crippen LogP contribution < -0.4 is 15.9 Å². The number of benzene rings is 5. The third kappa shape index (κ3) is 2.91. The molecule has 0 spiro atoms. The first-order chi connectivity index (χ1) is 18.7. The zero-order valence-electron chi connectivity index (χ0n) is 20.2. The maximum absolute atomic E-state index is 15.0. The fraction of sp³-hybridized carbons (Fsp3) is 0. The van der Waals surface area contributed by atoms with Crippen LogP contribution >= 0.6 is 7.14 Å². The Bertz CT molecular complexity index is 2020. The summed E-state index contributed by atoms with van der Waals surface area (Å²) in [5.41, 5.74) is 6.62. The number of fused-ring (bicyclic) bond motifs is 3. The molecule has 1 unspecified atom stereocenters. The van der Waals surface area contributed by atoms with Gasteiger partial charge < -0.3 is 9.55 Å². The Morgan fingerprint density at radius 1 is 0.605 bits per heavy atom. The molecule has 38 heavy (non-hydrogen) atoms. The van der Waals surface area contributed by atoms with E-state index in [9.17, 15) is 0 Å². The van der Waals surface area contributed by atoms with Gasteiger partial charge in [-0.1, -0.05) is 84.9 Å². The van der Waals surface area contributed by atoms with E-state index in [1.54, 1.807) is 0 Å². The molecule has 0 bridgehead atoms. The highest BCUT2D eigenvalue weighted by molar-refractivity contribution is 7.86. The molecule has 0 amide bonds. The predicted molar refractivity (Wildman–Crippen MR) is 155 cm³/mol. The SMILES string of the molecule is O=P1(c2ccccc2)c2ccccc2-n2c(-c3ccc(-c4nc5ccccc5[nH]4)cc3)nc3cccc1c32. The summed E-state index contributed by atoms with van der Waals surface area (Å²) in [6.07, 6.45) is 0. The Hall–Kier alpha value is -4.73. The number of hydrogen-bond donors (Lipinski definition) is 1. The number of nitrogens with one attached hydrogen (secondary N) is 1. The van der Waals surface area contributed by atoms with E-state index in [1.807, 2.05) is 97.1 Å². The van der Waals surface area contributed by atoms with Crippen LogP contribution in [0.4, 0.5) is 0 Å². The lowest BCUT2D eigenvalue weighted by atomic mass is 10.1. The summed E-state index contributed by atoms with van der Waals surface area (Å²) < 4.78 is 17.2. The first-order valence-corrected chi connectivity index (χ1v) is 14.3. The number of rotatable bonds is 3.